The summed E-state index contributed by atoms with van der Waals surface area (Å²) in [5.41, 5.74) is 6.29. The summed E-state index contributed by atoms with van der Waals surface area (Å²) in [6, 6.07) is 6.38. The quantitative estimate of drug-likeness (QED) is 0.852. The molecule has 17 heavy (non-hydrogen) atoms. The molecule has 0 fully saturated rings. The maximum absolute atomic E-state index is 13.0. The first-order chi connectivity index (χ1) is 8.15. The SMILES string of the molecule is CC(Nc1cnc(N)cn1)c1cccc(F)c1. The number of benzene rings is 1. The molecule has 0 bridgehead atoms. The Labute approximate surface area is 98.7 Å². The fourth-order valence-corrected chi connectivity index (χ4v) is 1.49. The maximum atomic E-state index is 13.0. The zero-order valence-electron chi connectivity index (χ0n) is 9.39. The topological polar surface area (TPSA) is 63.8 Å². The van der Waals surface area contributed by atoms with Gasteiger partial charge in [0, 0.05) is 0 Å². The van der Waals surface area contributed by atoms with Crippen molar-refractivity contribution in [2.24, 2.45) is 0 Å². The number of hydrogen-bond donors (Lipinski definition) is 2. The molecule has 3 N–H and O–H groups in total. The summed E-state index contributed by atoms with van der Waals surface area (Å²) in [6.45, 7) is 1.92. The van der Waals surface area contributed by atoms with E-state index in [1.165, 1.54) is 18.3 Å². The summed E-state index contributed by atoms with van der Waals surface area (Å²) >= 11 is 0. The minimum Gasteiger partial charge on any atom is -0.382 e. The van der Waals surface area contributed by atoms with Crippen LogP contribution in [0.5, 0.6) is 0 Å². The van der Waals surface area contributed by atoms with Gasteiger partial charge < -0.3 is 11.1 Å². The average molecular weight is 232 g/mol. The van der Waals surface area contributed by atoms with Crippen molar-refractivity contribution >= 4 is 11.6 Å². The molecule has 1 aromatic heterocycles. The molecule has 0 spiro atoms. The first-order valence-electron chi connectivity index (χ1n) is 5.24. The van der Waals surface area contributed by atoms with Gasteiger partial charge in [0.15, 0.2) is 0 Å². The van der Waals surface area contributed by atoms with Gasteiger partial charge in [-0.05, 0) is 24.6 Å². The van der Waals surface area contributed by atoms with Crippen molar-refractivity contribution in [3.63, 3.8) is 0 Å². The van der Waals surface area contributed by atoms with E-state index in [-0.39, 0.29) is 11.9 Å². The van der Waals surface area contributed by atoms with Crippen molar-refractivity contribution in [2.45, 2.75) is 13.0 Å². The molecule has 0 aliphatic rings. The summed E-state index contributed by atoms with van der Waals surface area (Å²) in [5.74, 6) is 0.726. The van der Waals surface area contributed by atoms with Gasteiger partial charge in [-0.1, -0.05) is 12.1 Å². The standard InChI is InChI=1S/C12H13FN4/c1-8(9-3-2-4-10(13)5-9)17-12-7-15-11(14)6-16-12/h2-8H,1H3,(H2,14,15)(H,16,17). The van der Waals surface area contributed by atoms with Crippen LogP contribution in [-0.2, 0) is 0 Å². The maximum Gasteiger partial charge on any atom is 0.145 e. The Morgan fingerprint density at radius 1 is 1.29 bits per heavy atom. The normalized spacial score (nSPS) is 12.1. The first kappa shape index (κ1) is 11.3. The molecule has 1 aromatic carbocycles. The number of anilines is 2. The van der Waals surface area contributed by atoms with Crippen molar-refractivity contribution < 1.29 is 4.39 Å². The molecule has 5 heteroatoms. The van der Waals surface area contributed by atoms with E-state index in [0.29, 0.717) is 11.6 Å². The van der Waals surface area contributed by atoms with Gasteiger partial charge in [0.1, 0.15) is 17.5 Å². The molecule has 1 unspecified atom stereocenters. The van der Waals surface area contributed by atoms with E-state index >= 15 is 0 Å². The van der Waals surface area contributed by atoms with Gasteiger partial charge in [0.25, 0.3) is 0 Å². The van der Waals surface area contributed by atoms with E-state index in [9.17, 15) is 4.39 Å². The smallest absolute Gasteiger partial charge is 0.145 e. The lowest BCUT2D eigenvalue weighted by molar-refractivity contribution is 0.623. The average Bonchev–Trinajstić information content (AvgIpc) is 2.32. The predicted octanol–water partition coefficient (Wildman–Crippen LogP) is 2.37. The molecule has 1 heterocycles. The second-order valence-corrected chi connectivity index (χ2v) is 3.75. The number of halogens is 1. The lowest BCUT2D eigenvalue weighted by Crippen LogP contribution is -2.08. The summed E-state index contributed by atoms with van der Waals surface area (Å²) in [5, 5.41) is 3.12. The number of aromatic nitrogens is 2. The van der Waals surface area contributed by atoms with Crippen molar-refractivity contribution in [3.05, 3.63) is 48.0 Å². The van der Waals surface area contributed by atoms with Crippen LogP contribution < -0.4 is 11.1 Å². The highest BCUT2D eigenvalue weighted by atomic mass is 19.1. The Hall–Kier alpha value is -2.17. The molecule has 0 amide bonds. The third kappa shape index (κ3) is 2.90. The van der Waals surface area contributed by atoms with Gasteiger partial charge in [-0.3, -0.25) is 0 Å². The molecule has 0 saturated carbocycles. The number of nitrogens with one attached hydrogen (secondary N) is 1. The summed E-state index contributed by atoms with van der Waals surface area (Å²) in [7, 11) is 0. The Morgan fingerprint density at radius 2 is 2.12 bits per heavy atom. The lowest BCUT2D eigenvalue weighted by Gasteiger charge is -2.14. The number of nitrogens with two attached hydrogens (primary N) is 1. The summed E-state index contributed by atoms with van der Waals surface area (Å²) in [4.78, 5) is 8.00. The zero-order chi connectivity index (χ0) is 12.3. The Morgan fingerprint density at radius 3 is 2.76 bits per heavy atom. The first-order valence-corrected chi connectivity index (χ1v) is 5.24. The monoisotopic (exact) mass is 232 g/mol. The Balaban J connectivity index is 2.11. The van der Waals surface area contributed by atoms with Gasteiger partial charge in [-0.2, -0.15) is 0 Å². The highest BCUT2D eigenvalue weighted by Gasteiger charge is 2.06. The van der Waals surface area contributed by atoms with Crippen molar-refractivity contribution in [1.29, 1.82) is 0 Å². The molecule has 2 aromatic rings. The molecule has 4 nitrogen and oxygen atoms in total. The Bertz CT molecular complexity index is 498. The fourth-order valence-electron chi connectivity index (χ4n) is 1.49. The fraction of sp³-hybridized carbons (Fsp3) is 0.167. The van der Waals surface area contributed by atoms with E-state index in [0.717, 1.165) is 5.56 Å². The van der Waals surface area contributed by atoms with Gasteiger partial charge in [-0.15, -0.1) is 0 Å². The van der Waals surface area contributed by atoms with E-state index in [2.05, 4.69) is 15.3 Å². The van der Waals surface area contributed by atoms with Crippen LogP contribution in [0.15, 0.2) is 36.7 Å². The van der Waals surface area contributed by atoms with Gasteiger partial charge in [0.05, 0.1) is 18.4 Å². The molecule has 88 valence electrons. The van der Waals surface area contributed by atoms with Crippen molar-refractivity contribution in [3.8, 4) is 0 Å². The molecule has 0 radical (unpaired) electrons. The van der Waals surface area contributed by atoms with Gasteiger partial charge in [0.2, 0.25) is 0 Å². The largest absolute Gasteiger partial charge is 0.382 e. The van der Waals surface area contributed by atoms with Gasteiger partial charge in [-0.25, -0.2) is 14.4 Å². The van der Waals surface area contributed by atoms with E-state index in [1.807, 2.05) is 13.0 Å². The number of hydrogen-bond acceptors (Lipinski definition) is 4. The van der Waals surface area contributed by atoms with Crippen molar-refractivity contribution in [1.82, 2.24) is 9.97 Å². The number of rotatable bonds is 3. The van der Waals surface area contributed by atoms with E-state index in [4.69, 9.17) is 5.73 Å². The molecule has 1 atom stereocenters. The minimum absolute atomic E-state index is 0.0522. The lowest BCUT2D eigenvalue weighted by atomic mass is 10.1. The second kappa shape index (κ2) is 4.78. The zero-order valence-corrected chi connectivity index (χ0v) is 9.39. The van der Waals surface area contributed by atoms with Crippen molar-refractivity contribution in [2.75, 3.05) is 11.1 Å². The number of nitrogen functional groups attached to an aromatic ring is 1. The van der Waals surface area contributed by atoms with Crippen LogP contribution in [0, 0.1) is 5.82 Å². The molecule has 2 rings (SSSR count). The van der Waals surface area contributed by atoms with E-state index in [1.54, 1.807) is 12.3 Å². The molecular formula is C12H13FN4. The van der Waals surface area contributed by atoms with Crippen LogP contribution in [0.4, 0.5) is 16.0 Å². The Kier molecular flexibility index (Phi) is 3.18. The molecule has 0 saturated heterocycles. The summed E-state index contributed by atoms with van der Waals surface area (Å²) in [6.07, 6.45) is 3.02. The highest BCUT2D eigenvalue weighted by molar-refractivity contribution is 5.39. The predicted molar refractivity (Wildman–Crippen MR) is 64.9 cm³/mol. The molecule has 0 aliphatic heterocycles. The second-order valence-electron chi connectivity index (χ2n) is 3.75. The van der Waals surface area contributed by atoms with Crippen LogP contribution in [0.25, 0.3) is 0 Å². The van der Waals surface area contributed by atoms with Crippen LogP contribution in [-0.4, -0.2) is 9.97 Å². The minimum atomic E-state index is -0.250. The van der Waals surface area contributed by atoms with E-state index < -0.39 is 0 Å². The third-order valence-corrected chi connectivity index (χ3v) is 2.38. The highest BCUT2D eigenvalue weighted by Crippen LogP contribution is 2.18. The van der Waals surface area contributed by atoms with Crippen LogP contribution in [0.1, 0.15) is 18.5 Å². The van der Waals surface area contributed by atoms with Gasteiger partial charge >= 0.3 is 0 Å². The van der Waals surface area contributed by atoms with Crippen LogP contribution in [0.3, 0.4) is 0 Å². The molecular weight excluding hydrogens is 219 g/mol. The number of nitrogens with zero attached hydrogens (tertiary/aromatic N) is 2. The van der Waals surface area contributed by atoms with Crippen LogP contribution in [0.2, 0.25) is 0 Å². The van der Waals surface area contributed by atoms with Crippen LogP contribution >= 0.6 is 0 Å². The molecule has 0 aliphatic carbocycles. The summed E-state index contributed by atoms with van der Waals surface area (Å²) < 4.78 is 13.0. The third-order valence-electron chi connectivity index (χ3n) is 2.38.